The van der Waals surface area contributed by atoms with Gasteiger partial charge in [0.15, 0.2) is 0 Å². The number of anilines is 1. The molecule has 3 N–H and O–H groups in total. The van der Waals surface area contributed by atoms with E-state index < -0.39 is 0 Å². The van der Waals surface area contributed by atoms with Gasteiger partial charge in [0.2, 0.25) is 0 Å². The zero-order valence-electron chi connectivity index (χ0n) is 24.5. The first-order chi connectivity index (χ1) is 19.0. The van der Waals surface area contributed by atoms with Crippen molar-refractivity contribution in [1.29, 1.82) is 5.41 Å². The second-order valence-electron chi connectivity index (χ2n) is 11.1. The Morgan fingerprint density at radius 2 is 1.90 bits per heavy atom. The lowest BCUT2D eigenvalue weighted by atomic mass is 10.0. The minimum Gasteiger partial charge on any atom is -0.367 e. The van der Waals surface area contributed by atoms with Gasteiger partial charge in [0.1, 0.15) is 5.82 Å². The number of hydrogen-bond acceptors (Lipinski definition) is 7. The predicted molar refractivity (Wildman–Crippen MR) is 161 cm³/mol. The minimum absolute atomic E-state index is 0.0551. The SMILES string of the molecule is Cc1cc(C)c(CN(C)C(=O)c2cc(-c3cccc(CN4CCN(C)CC4)c3)nc(NC(C)C)c2C=N)c(=O)[nH]1. The van der Waals surface area contributed by atoms with Crippen molar-refractivity contribution in [2.24, 2.45) is 0 Å². The van der Waals surface area contributed by atoms with Gasteiger partial charge < -0.3 is 25.5 Å². The minimum atomic E-state index is -0.276. The number of benzene rings is 1. The third kappa shape index (κ3) is 6.84. The van der Waals surface area contributed by atoms with Gasteiger partial charge >= 0.3 is 0 Å². The summed E-state index contributed by atoms with van der Waals surface area (Å²) in [7, 11) is 3.84. The summed E-state index contributed by atoms with van der Waals surface area (Å²) in [5, 5.41) is 11.5. The van der Waals surface area contributed by atoms with Crippen LogP contribution >= 0.6 is 0 Å². The first-order valence-electron chi connectivity index (χ1n) is 13.8. The van der Waals surface area contributed by atoms with Gasteiger partial charge in [0.25, 0.3) is 11.5 Å². The molecule has 3 heterocycles. The second-order valence-corrected chi connectivity index (χ2v) is 11.1. The monoisotopic (exact) mass is 543 g/mol. The summed E-state index contributed by atoms with van der Waals surface area (Å²) in [6, 6.07) is 12.0. The Balaban J connectivity index is 1.70. The number of rotatable bonds is 9. The summed E-state index contributed by atoms with van der Waals surface area (Å²) in [5.74, 6) is 0.218. The highest BCUT2D eigenvalue weighted by Crippen LogP contribution is 2.28. The highest BCUT2D eigenvalue weighted by molar-refractivity contribution is 6.05. The molecule has 0 saturated carbocycles. The molecule has 0 atom stereocenters. The molecule has 40 heavy (non-hydrogen) atoms. The standard InChI is InChI=1S/C31H41N7O2/c1-20(2)33-29-26(17-32)25(31(40)37(6)19-27-21(3)14-22(4)34-30(27)39)16-28(35-29)24-9-7-8-23(15-24)18-38-12-10-36(5)11-13-38/h7-9,14-17,20,32H,10-13,18-19H2,1-6H3,(H,33,35)(H,34,39). The average molecular weight is 544 g/mol. The van der Waals surface area contributed by atoms with Crippen LogP contribution in [0.4, 0.5) is 5.82 Å². The van der Waals surface area contributed by atoms with Crippen LogP contribution in [0.25, 0.3) is 11.3 Å². The Bertz CT molecular complexity index is 1440. The highest BCUT2D eigenvalue weighted by Gasteiger charge is 2.23. The average Bonchev–Trinajstić information content (AvgIpc) is 2.91. The maximum Gasteiger partial charge on any atom is 0.254 e. The lowest BCUT2D eigenvalue weighted by molar-refractivity contribution is 0.0784. The maximum absolute atomic E-state index is 13.8. The molecule has 1 saturated heterocycles. The Hall–Kier alpha value is -3.82. The number of amides is 1. The Morgan fingerprint density at radius 3 is 2.55 bits per heavy atom. The summed E-state index contributed by atoms with van der Waals surface area (Å²) in [5.41, 5.74) is 5.54. The Labute approximate surface area is 236 Å². The quantitative estimate of drug-likeness (QED) is 0.354. The molecular formula is C31H41N7O2. The molecular weight excluding hydrogens is 502 g/mol. The van der Waals surface area contributed by atoms with Crippen LogP contribution in [0.3, 0.4) is 0 Å². The van der Waals surface area contributed by atoms with Crippen LogP contribution in [-0.2, 0) is 13.1 Å². The van der Waals surface area contributed by atoms with E-state index in [0.29, 0.717) is 28.2 Å². The van der Waals surface area contributed by atoms with Gasteiger partial charge in [0.05, 0.1) is 17.8 Å². The van der Waals surface area contributed by atoms with Crippen molar-refractivity contribution in [3.05, 3.63) is 80.3 Å². The van der Waals surface area contributed by atoms with Crippen molar-refractivity contribution in [1.82, 2.24) is 24.7 Å². The van der Waals surface area contributed by atoms with E-state index in [2.05, 4.69) is 39.3 Å². The molecule has 9 nitrogen and oxygen atoms in total. The number of aromatic amines is 1. The largest absolute Gasteiger partial charge is 0.367 e. The number of H-pyrrole nitrogens is 1. The fraction of sp³-hybridized carbons (Fsp3) is 0.419. The third-order valence-corrected chi connectivity index (χ3v) is 7.32. The van der Waals surface area contributed by atoms with Crippen molar-refractivity contribution < 1.29 is 4.79 Å². The molecule has 1 aliphatic heterocycles. The Morgan fingerprint density at radius 1 is 1.18 bits per heavy atom. The van der Waals surface area contributed by atoms with Crippen LogP contribution in [0.5, 0.6) is 0 Å². The van der Waals surface area contributed by atoms with E-state index in [-0.39, 0.29) is 24.1 Å². The van der Waals surface area contributed by atoms with Crippen molar-refractivity contribution in [3.63, 3.8) is 0 Å². The molecule has 0 radical (unpaired) electrons. The number of nitrogens with one attached hydrogen (secondary N) is 3. The van der Waals surface area contributed by atoms with E-state index in [1.54, 1.807) is 13.1 Å². The van der Waals surface area contributed by atoms with Crippen molar-refractivity contribution in [3.8, 4) is 11.3 Å². The number of nitrogens with zero attached hydrogens (tertiary/aromatic N) is 4. The van der Waals surface area contributed by atoms with E-state index in [4.69, 9.17) is 10.4 Å². The zero-order valence-corrected chi connectivity index (χ0v) is 24.5. The third-order valence-electron chi connectivity index (χ3n) is 7.32. The van der Waals surface area contributed by atoms with Crippen LogP contribution < -0.4 is 10.9 Å². The topological polar surface area (TPSA) is 108 Å². The van der Waals surface area contributed by atoms with E-state index in [1.807, 2.05) is 45.9 Å². The zero-order chi connectivity index (χ0) is 29.0. The van der Waals surface area contributed by atoms with Crippen LogP contribution in [0.15, 0.2) is 41.2 Å². The van der Waals surface area contributed by atoms with E-state index >= 15 is 0 Å². The number of aryl methyl sites for hydroxylation is 2. The summed E-state index contributed by atoms with van der Waals surface area (Å²) in [6.07, 6.45) is 1.18. The first kappa shape index (κ1) is 29.2. The number of hydrogen-bond donors (Lipinski definition) is 3. The number of carbonyl (C=O) groups is 1. The number of pyridine rings is 2. The molecule has 0 bridgehead atoms. The summed E-state index contributed by atoms with van der Waals surface area (Å²) >= 11 is 0. The molecule has 3 aromatic rings. The molecule has 0 unspecified atom stereocenters. The van der Waals surface area contributed by atoms with Crippen molar-refractivity contribution in [2.45, 2.75) is 46.8 Å². The second kappa shape index (κ2) is 12.6. The van der Waals surface area contributed by atoms with Gasteiger partial charge in [-0.2, -0.15) is 0 Å². The smallest absolute Gasteiger partial charge is 0.254 e. The molecule has 2 aromatic heterocycles. The van der Waals surface area contributed by atoms with E-state index in [1.165, 1.54) is 16.7 Å². The number of piperazine rings is 1. The molecule has 1 fully saturated rings. The normalized spacial score (nSPS) is 14.4. The van der Waals surface area contributed by atoms with Gasteiger partial charge in [-0.1, -0.05) is 18.2 Å². The van der Waals surface area contributed by atoms with Crippen LogP contribution in [0.1, 0.15) is 52.2 Å². The summed E-state index contributed by atoms with van der Waals surface area (Å²) in [6.45, 7) is 12.9. The maximum atomic E-state index is 13.8. The molecule has 1 amide bonds. The van der Waals surface area contributed by atoms with Crippen LogP contribution in [0, 0.1) is 19.3 Å². The highest BCUT2D eigenvalue weighted by atomic mass is 16.2. The van der Waals surface area contributed by atoms with Crippen molar-refractivity contribution >= 4 is 17.9 Å². The number of likely N-dealkylation sites (N-methyl/N-ethyl adjacent to an activating group) is 1. The fourth-order valence-corrected chi connectivity index (χ4v) is 5.10. The van der Waals surface area contributed by atoms with Gasteiger partial charge in [-0.25, -0.2) is 4.98 Å². The van der Waals surface area contributed by atoms with Crippen LogP contribution in [-0.4, -0.2) is 83.1 Å². The first-order valence-corrected chi connectivity index (χ1v) is 13.8. The van der Waals surface area contributed by atoms with E-state index in [9.17, 15) is 9.59 Å². The van der Waals surface area contributed by atoms with Gasteiger partial charge in [-0.05, 0) is 64.1 Å². The predicted octanol–water partition coefficient (Wildman–Crippen LogP) is 3.89. The fourth-order valence-electron chi connectivity index (χ4n) is 5.10. The van der Waals surface area contributed by atoms with Gasteiger partial charge in [-0.15, -0.1) is 0 Å². The molecule has 0 spiro atoms. The van der Waals surface area contributed by atoms with Gasteiger partial charge in [-0.3, -0.25) is 14.5 Å². The summed E-state index contributed by atoms with van der Waals surface area (Å²) in [4.78, 5) is 40.5. The lowest BCUT2D eigenvalue weighted by Gasteiger charge is -2.32. The molecule has 9 heteroatoms. The van der Waals surface area contributed by atoms with E-state index in [0.717, 1.165) is 49.5 Å². The van der Waals surface area contributed by atoms with Crippen molar-refractivity contribution in [2.75, 3.05) is 45.6 Å². The number of carbonyl (C=O) groups excluding carboxylic acids is 1. The number of aromatic nitrogens is 2. The Kier molecular flexibility index (Phi) is 9.17. The molecule has 212 valence electrons. The van der Waals surface area contributed by atoms with Gasteiger partial charge in [0, 0.05) is 74.4 Å². The molecule has 4 rings (SSSR count). The molecule has 1 aliphatic rings. The molecule has 0 aliphatic carbocycles. The summed E-state index contributed by atoms with van der Waals surface area (Å²) < 4.78 is 0. The van der Waals surface area contributed by atoms with Crippen LogP contribution in [0.2, 0.25) is 0 Å². The molecule has 1 aromatic carbocycles. The lowest BCUT2D eigenvalue weighted by Crippen LogP contribution is -2.43.